The number of anilines is 1. The van der Waals surface area contributed by atoms with Crippen molar-refractivity contribution in [1.29, 1.82) is 0 Å². The summed E-state index contributed by atoms with van der Waals surface area (Å²) in [6.07, 6.45) is 7.13. The van der Waals surface area contributed by atoms with Crippen LogP contribution in [0.3, 0.4) is 0 Å². The molecule has 1 aliphatic rings. The lowest BCUT2D eigenvalue weighted by Crippen LogP contribution is -2.28. The lowest BCUT2D eigenvalue weighted by Gasteiger charge is -2.25. The molecule has 0 spiro atoms. The van der Waals surface area contributed by atoms with Gasteiger partial charge in [0.2, 0.25) is 11.8 Å². The minimum atomic E-state index is -0.105. The Balaban J connectivity index is 1.34. The Labute approximate surface area is 210 Å². The zero-order valence-electron chi connectivity index (χ0n) is 21.0. The summed E-state index contributed by atoms with van der Waals surface area (Å²) < 4.78 is 13.2. The molecular formula is C27H32N6O3. The van der Waals surface area contributed by atoms with Crippen LogP contribution >= 0.6 is 0 Å². The number of aryl methyl sites for hydroxylation is 3. The molecule has 1 aliphatic heterocycles. The van der Waals surface area contributed by atoms with Gasteiger partial charge in [0.1, 0.15) is 6.26 Å². The molecule has 1 amide bonds. The molecule has 0 saturated carbocycles. The van der Waals surface area contributed by atoms with E-state index < -0.39 is 0 Å². The van der Waals surface area contributed by atoms with Crippen molar-refractivity contribution in [2.24, 2.45) is 0 Å². The van der Waals surface area contributed by atoms with Gasteiger partial charge in [-0.15, -0.1) is 0 Å². The molecule has 9 nitrogen and oxygen atoms in total. The van der Waals surface area contributed by atoms with E-state index in [1.807, 2.05) is 23.9 Å². The highest BCUT2D eigenvalue weighted by Crippen LogP contribution is 2.34. The second-order valence-electron chi connectivity index (χ2n) is 9.29. The molecule has 2 N–H and O–H groups in total. The maximum atomic E-state index is 12.6. The molecule has 3 aromatic heterocycles. The summed E-state index contributed by atoms with van der Waals surface area (Å²) >= 11 is 0. The van der Waals surface area contributed by atoms with Crippen LogP contribution < -0.4 is 10.6 Å². The van der Waals surface area contributed by atoms with Gasteiger partial charge in [-0.1, -0.05) is 18.2 Å². The second-order valence-corrected chi connectivity index (χ2v) is 9.29. The van der Waals surface area contributed by atoms with Crippen LogP contribution in [0, 0.1) is 13.8 Å². The fourth-order valence-electron chi connectivity index (χ4n) is 4.47. The van der Waals surface area contributed by atoms with Crippen molar-refractivity contribution < 1.29 is 13.9 Å². The van der Waals surface area contributed by atoms with E-state index in [4.69, 9.17) is 9.15 Å². The number of carbonyl (C=O) groups excluding carboxylic acids is 1. The molecule has 36 heavy (non-hydrogen) atoms. The molecule has 1 fully saturated rings. The highest BCUT2D eigenvalue weighted by atomic mass is 16.5. The zero-order valence-corrected chi connectivity index (χ0v) is 21.0. The Morgan fingerprint density at radius 2 is 2.00 bits per heavy atom. The fraction of sp³-hybridized carbons (Fsp3) is 0.407. The largest absolute Gasteiger partial charge is 0.444 e. The Bertz CT molecular complexity index is 1370. The van der Waals surface area contributed by atoms with E-state index in [1.165, 1.54) is 11.1 Å². The summed E-state index contributed by atoms with van der Waals surface area (Å²) in [6, 6.07) is 6.48. The van der Waals surface area contributed by atoms with Gasteiger partial charge in [0.15, 0.2) is 5.65 Å². The van der Waals surface area contributed by atoms with E-state index in [2.05, 4.69) is 51.7 Å². The van der Waals surface area contributed by atoms with Gasteiger partial charge in [-0.25, -0.2) is 14.6 Å². The van der Waals surface area contributed by atoms with Gasteiger partial charge in [0, 0.05) is 38.5 Å². The van der Waals surface area contributed by atoms with Crippen molar-refractivity contribution in [2.75, 3.05) is 18.5 Å². The number of pyridine rings is 1. The van der Waals surface area contributed by atoms with Gasteiger partial charge < -0.3 is 19.8 Å². The lowest BCUT2D eigenvalue weighted by molar-refractivity contribution is -0.120. The van der Waals surface area contributed by atoms with E-state index in [0.29, 0.717) is 18.1 Å². The predicted octanol–water partition coefficient (Wildman–Crippen LogP) is 4.17. The second kappa shape index (κ2) is 10.5. The molecule has 9 heteroatoms. The average molecular weight is 489 g/mol. The first-order chi connectivity index (χ1) is 17.5. The molecule has 4 aromatic rings. The summed E-state index contributed by atoms with van der Waals surface area (Å²) in [6.45, 7) is 8.86. The number of nitrogens with one attached hydrogen (secondary N) is 2. The number of carbonyl (C=O) groups is 1. The Hall–Kier alpha value is -3.72. The first-order valence-electron chi connectivity index (χ1n) is 12.5. The summed E-state index contributed by atoms with van der Waals surface area (Å²) in [7, 11) is 0. The van der Waals surface area contributed by atoms with Crippen molar-refractivity contribution in [3.05, 3.63) is 59.2 Å². The average Bonchev–Trinajstić information content (AvgIpc) is 3.52. The third-order valence-corrected chi connectivity index (χ3v) is 6.72. The minimum Gasteiger partial charge on any atom is -0.444 e. The zero-order chi connectivity index (χ0) is 25.1. The number of ether oxygens (including phenoxy) is 1. The number of nitrogens with zero attached hydrogens (tertiary/aromatic N) is 4. The van der Waals surface area contributed by atoms with Gasteiger partial charge in [-0.2, -0.15) is 5.10 Å². The first-order valence-corrected chi connectivity index (χ1v) is 12.5. The van der Waals surface area contributed by atoms with Crippen molar-refractivity contribution in [2.45, 2.75) is 59.2 Å². The van der Waals surface area contributed by atoms with Crippen molar-refractivity contribution in [1.82, 2.24) is 25.1 Å². The highest BCUT2D eigenvalue weighted by molar-refractivity contribution is 5.96. The third-order valence-electron chi connectivity index (χ3n) is 6.72. The number of amides is 1. The maximum absolute atomic E-state index is 12.6. The van der Waals surface area contributed by atoms with Crippen LogP contribution in [-0.4, -0.2) is 44.9 Å². The number of hydrogen-bond donors (Lipinski definition) is 2. The molecule has 0 unspecified atom stereocenters. The standard InChI is InChI=1S/C27H32N6O3/c1-4-33-26-22(15-30-33)25(31-20-7-9-35-10-8-20)23(14-29-26)27-32-21(16-36-27)12-24(34)28-13-19-6-5-17(2)18(3)11-19/h5-6,11,14-16,20H,4,7-10,12-13H2,1-3H3,(H,28,34)(H,29,31). The van der Waals surface area contributed by atoms with Gasteiger partial charge in [-0.05, 0) is 50.3 Å². The van der Waals surface area contributed by atoms with Crippen LogP contribution in [0.1, 0.15) is 42.1 Å². The first kappa shape index (κ1) is 24.0. The Kier molecular flexibility index (Phi) is 6.99. The summed E-state index contributed by atoms with van der Waals surface area (Å²) in [5.74, 6) is 0.326. The summed E-state index contributed by atoms with van der Waals surface area (Å²) in [5, 5.41) is 12.1. The summed E-state index contributed by atoms with van der Waals surface area (Å²) in [5.41, 5.74) is 6.56. The maximum Gasteiger partial charge on any atom is 0.229 e. The molecular weight excluding hydrogens is 456 g/mol. The molecule has 5 rings (SSSR count). The SMILES string of the molecule is CCn1ncc2c(NC3CCOCC3)c(-c3nc(CC(=O)NCc4ccc(C)c(C)c4)co3)cnc21. The van der Waals surface area contributed by atoms with Gasteiger partial charge >= 0.3 is 0 Å². The van der Waals surface area contributed by atoms with Crippen LogP contribution in [0.2, 0.25) is 0 Å². The lowest BCUT2D eigenvalue weighted by atomic mass is 10.1. The smallest absolute Gasteiger partial charge is 0.229 e. The van der Waals surface area contributed by atoms with Crippen molar-refractivity contribution in [3.8, 4) is 11.5 Å². The van der Waals surface area contributed by atoms with E-state index in [9.17, 15) is 4.79 Å². The molecule has 4 heterocycles. The highest BCUT2D eigenvalue weighted by Gasteiger charge is 2.22. The van der Waals surface area contributed by atoms with E-state index in [-0.39, 0.29) is 18.4 Å². The number of benzene rings is 1. The summed E-state index contributed by atoms with van der Waals surface area (Å²) in [4.78, 5) is 21.9. The van der Waals surface area contributed by atoms with Crippen LogP contribution in [0.25, 0.3) is 22.5 Å². The number of oxazole rings is 1. The predicted molar refractivity (Wildman–Crippen MR) is 138 cm³/mol. The fourth-order valence-corrected chi connectivity index (χ4v) is 4.47. The molecule has 1 aromatic carbocycles. The van der Waals surface area contributed by atoms with E-state index in [0.717, 1.165) is 60.4 Å². The van der Waals surface area contributed by atoms with Crippen LogP contribution in [-0.2, 0) is 29.0 Å². The molecule has 188 valence electrons. The normalized spacial score (nSPS) is 14.3. The monoisotopic (exact) mass is 488 g/mol. The van der Waals surface area contributed by atoms with Gasteiger partial charge in [0.05, 0.1) is 34.9 Å². The molecule has 1 saturated heterocycles. The Morgan fingerprint density at radius 3 is 2.78 bits per heavy atom. The third kappa shape index (κ3) is 5.11. The van der Waals surface area contributed by atoms with Crippen molar-refractivity contribution >= 4 is 22.6 Å². The number of hydrogen-bond acceptors (Lipinski definition) is 7. The number of fused-ring (bicyclic) bond motifs is 1. The van der Waals surface area contributed by atoms with Crippen LogP contribution in [0.5, 0.6) is 0 Å². The topological polar surface area (TPSA) is 107 Å². The van der Waals surface area contributed by atoms with Gasteiger partial charge in [0.25, 0.3) is 0 Å². The van der Waals surface area contributed by atoms with E-state index >= 15 is 0 Å². The molecule has 0 radical (unpaired) electrons. The quantitative estimate of drug-likeness (QED) is 0.383. The van der Waals surface area contributed by atoms with Crippen LogP contribution in [0.4, 0.5) is 5.69 Å². The number of aromatic nitrogens is 4. The van der Waals surface area contributed by atoms with Crippen molar-refractivity contribution in [3.63, 3.8) is 0 Å². The molecule has 0 atom stereocenters. The minimum absolute atomic E-state index is 0.105. The van der Waals surface area contributed by atoms with Gasteiger partial charge in [-0.3, -0.25) is 4.79 Å². The molecule has 0 bridgehead atoms. The molecule has 0 aliphatic carbocycles. The number of rotatable bonds is 8. The van der Waals surface area contributed by atoms with E-state index in [1.54, 1.807) is 12.5 Å². The Morgan fingerprint density at radius 1 is 1.17 bits per heavy atom. The van der Waals surface area contributed by atoms with Crippen LogP contribution in [0.15, 0.2) is 41.3 Å².